The van der Waals surface area contributed by atoms with Gasteiger partial charge in [0.05, 0.1) is 5.52 Å². The number of nitrogen functional groups attached to an aromatic ring is 1. The smallest absolute Gasteiger partial charge is 0.222 e. The van der Waals surface area contributed by atoms with Crippen molar-refractivity contribution in [3.05, 3.63) is 24.0 Å². The third-order valence-corrected chi connectivity index (χ3v) is 3.13. The molecule has 0 saturated heterocycles. The van der Waals surface area contributed by atoms with Crippen LogP contribution >= 0.6 is 13.5 Å². The average molecular weight is 312 g/mol. The predicted octanol–water partition coefficient (Wildman–Crippen LogP) is 2.43. The third kappa shape index (κ3) is 4.44. The van der Waals surface area contributed by atoms with Gasteiger partial charge in [0.15, 0.2) is 0 Å². The first-order valence-corrected chi connectivity index (χ1v) is 6.74. The maximum absolute atomic E-state index is 13.2. The van der Waals surface area contributed by atoms with Crippen LogP contribution in [0.4, 0.5) is 16.2 Å². The van der Waals surface area contributed by atoms with Crippen LogP contribution in [0.3, 0.4) is 0 Å². The summed E-state index contributed by atoms with van der Waals surface area (Å²) in [7, 11) is 0. The lowest BCUT2D eigenvalue weighted by Crippen LogP contribution is -2.22. The molecule has 0 radical (unpaired) electrons. The monoisotopic (exact) mass is 312 g/mol. The Bertz CT molecular complexity index is 585. The van der Waals surface area contributed by atoms with E-state index in [4.69, 9.17) is 10.8 Å². The van der Waals surface area contributed by atoms with Crippen molar-refractivity contribution >= 4 is 36.2 Å². The predicted molar refractivity (Wildman–Crippen MR) is 88.3 cm³/mol. The van der Waals surface area contributed by atoms with Crippen molar-refractivity contribution in [3.8, 4) is 0 Å². The zero-order chi connectivity index (χ0) is 14.5. The number of halogens is 1. The molecule has 1 heterocycles. The number of aliphatic hydroxyl groups excluding tert-OH is 1. The van der Waals surface area contributed by atoms with Gasteiger partial charge in [0, 0.05) is 24.1 Å². The molecular weight excluding hydrogens is 291 g/mol. The fourth-order valence-electron chi connectivity index (χ4n) is 2.22. The van der Waals surface area contributed by atoms with E-state index in [1.807, 2.05) is 0 Å². The number of aliphatic hydroxyl groups is 1. The number of benzene rings is 1. The van der Waals surface area contributed by atoms with Crippen LogP contribution in [-0.2, 0) is 0 Å². The largest absolute Gasteiger partial charge is 0.396 e. The lowest BCUT2D eigenvalue weighted by atomic mass is 10.1. The van der Waals surface area contributed by atoms with Gasteiger partial charge in [0.25, 0.3) is 0 Å². The zero-order valence-electron chi connectivity index (χ0n) is 11.9. The molecule has 0 fully saturated rings. The zero-order valence-corrected chi connectivity index (χ0v) is 12.9. The van der Waals surface area contributed by atoms with E-state index in [-0.39, 0.29) is 37.9 Å². The van der Waals surface area contributed by atoms with Crippen LogP contribution in [0.15, 0.2) is 18.2 Å². The summed E-state index contributed by atoms with van der Waals surface area (Å²) in [6, 6.07) is 4.44. The molecular formula is C14H21FN4OS. The summed E-state index contributed by atoms with van der Waals surface area (Å²) in [5.74, 6) is 0.325. The van der Waals surface area contributed by atoms with Crippen LogP contribution in [0.25, 0.3) is 10.9 Å². The molecule has 1 atom stereocenters. The fraction of sp³-hybridized carbons (Fsp3) is 0.429. The number of fused-ring (bicyclic) bond motifs is 1. The summed E-state index contributed by atoms with van der Waals surface area (Å²) in [6.45, 7) is 2.18. The summed E-state index contributed by atoms with van der Waals surface area (Å²) in [4.78, 5) is 8.22. The molecule has 0 bridgehead atoms. The summed E-state index contributed by atoms with van der Waals surface area (Å²) < 4.78 is 13.2. The third-order valence-electron chi connectivity index (χ3n) is 3.13. The van der Waals surface area contributed by atoms with Crippen LogP contribution < -0.4 is 11.1 Å². The summed E-state index contributed by atoms with van der Waals surface area (Å²) in [6.07, 6.45) is 2.53. The van der Waals surface area contributed by atoms with Crippen molar-refractivity contribution in [2.45, 2.75) is 32.2 Å². The van der Waals surface area contributed by atoms with Crippen molar-refractivity contribution in [2.75, 3.05) is 17.7 Å². The molecule has 4 N–H and O–H groups in total. The van der Waals surface area contributed by atoms with Crippen molar-refractivity contribution in [1.82, 2.24) is 9.97 Å². The topological polar surface area (TPSA) is 84.1 Å². The van der Waals surface area contributed by atoms with Gasteiger partial charge in [-0.15, -0.1) is 0 Å². The fourth-order valence-corrected chi connectivity index (χ4v) is 2.22. The van der Waals surface area contributed by atoms with E-state index in [0.29, 0.717) is 17.8 Å². The van der Waals surface area contributed by atoms with E-state index >= 15 is 0 Å². The van der Waals surface area contributed by atoms with Gasteiger partial charge in [0.1, 0.15) is 11.6 Å². The van der Waals surface area contributed by atoms with E-state index in [0.717, 1.165) is 18.2 Å². The molecule has 1 aromatic heterocycles. The van der Waals surface area contributed by atoms with Crippen molar-refractivity contribution < 1.29 is 9.50 Å². The maximum Gasteiger partial charge on any atom is 0.222 e. The number of nitrogens with zero attached hydrogens (tertiary/aromatic N) is 2. The maximum atomic E-state index is 13.2. The second kappa shape index (κ2) is 7.99. The highest BCUT2D eigenvalue weighted by atomic mass is 32.1. The van der Waals surface area contributed by atoms with Gasteiger partial charge in [-0.05, 0) is 25.0 Å². The van der Waals surface area contributed by atoms with Gasteiger partial charge < -0.3 is 16.2 Å². The van der Waals surface area contributed by atoms with Crippen molar-refractivity contribution in [1.29, 1.82) is 0 Å². The molecule has 0 aliphatic rings. The quantitative estimate of drug-likeness (QED) is 0.763. The number of nitrogens with two attached hydrogens (primary N) is 1. The van der Waals surface area contributed by atoms with Crippen molar-refractivity contribution in [3.63, 3.8) is 0 Å². The van der Waals surface area contributed by atoms with Crippen LogP contribution in [0.1, 0.15) is 26.2 Å². The standard InChI is InChI=1S/C14H19FN4O.H2S/c1-2-3-10(6-7-20)17-13-11-5-4-9(15)8-12(11)18-14(16)19-13;/h4-5,8,10,20H,2-3,6-7H2,1H3,(H3,16,17,18,19);1H2/t10-;/m0./s1. The molecule has 2 aromatic rings. The molecule has 0 saturated carbocycles. The molecule has 0 amide bonds. The van der Waals surface area contributed by atoms with E-state index in [1.54, 1.807) is 6.07 Å². The lowest BCUT2D eigenvalue weighted by Gasteiger charge is -2.19. The Morgan fingerprint density at radius 3 is 2.76 bits per heavy atom. The molecule has 7 heteroatoms. The van der Waals surface area contributed by atoms with Crippen LogP contribution in [-0.4, -0.2) is 27.7 Å². The number of nitrogens with one attached hydrogen (secondary N) is 1. The second-order valence-electron chi connectivity index (χ2n) is 4.73. The Kier molecular flexibility index (Phi) is 6.64. The van der Waals surface area contributed by atoms with Gasteiger partial charge >= 0.3 is 0 Å². The number of aromatic nitrogens is 2. The van der Waals surface area contributed by atoms with E-state index in [1.165, 1.54) is 12.1 Å². The molecule has 1 aromatic carbocycles. The summed E-state index contributed by atoms with van der Waals surface area (Å²) in [5.41, 5.74) is 6.14. The first-order valence-electron chi connectivity index (χ1n) is 6.74. The minimum absolute atomic E-state index is 0. The number of rotatable bonds is 6. The number of anilines is 2. The van der Waals surface area contributed by atoms with E-state index in [2.05, 4.69) is 22.2 Å². The summed E-state index contributed by atoms with van der Waals surface area (Å²) >= 11 is 0. The second-order valence-corrected chi connectivity index (χ2v) is 4.73. The van der Waals surface area contributed by atoms with Gasteiger partial charge in [-0.3, -0.25) is 0 Å². The van der Waals surface area contributed by atoms with Crippen molar-refractivity contribution in [2.24, 2.45) is 0 Å². The van der Waals surface area contributed by atoms with Crippen LogP contribution in [0, 0.1) is 5.82 Å². The molecule has 0 aliphatic heterocycles. The Labute approximate surface area is 130 Å². The van der Waals surface area contributed by atoms with Gasteiger partial charge in [-0.1, -0.05) is 13.3 Å². The molecule has 2 rings (SSSR count). The normalized spacial score (nSPS) is 12.0. The molecule has 116 valence electrons. The lowest BCUT2D eigenvalue weighted by molar-refractivity contribution is 0.276. The molecule has 0 unspecified atom stereocenters. The minimum atomic E-state index is -0.359. The minimum Gasteiger partial charge on any atom is -0.396 e. The Hall–Kier alpha value is -1.60. The Balaban J connectivity index is 0.00000220. The van der Waals surface area contributed by atoms with Crippen LogP contribution in [0.5, 0.6) is 0 Å². The highest BCUT2D eigenvalue weighted by molar-refractivity contribution is 7.59. The molecule has 5 nitrogen and oxygen atoms in total. The highest BCUT2D eigenvalue weighted by Crippen LogP contribution is 2.23. The number of hydrogen-bond donors (Lipinski definition) is 3. The van der Waals surface area contributed by atoms with Crippen LogP contribution in [0.2, 0.25) is 0 Å². The first-order chi connectivity index (χ1) is 9.63. The van der Waals surface area contributed by atoms with E-state index in [9.17, 15) is 4.39 Å². The highest BCUT2D eigenvalue weighted by Gasteiger charge is 2.12. The molecule has 21 heavy (non-hydrogen) atoms. The first kappa shape index (κ1) is 17.5. The Morgan fingerprint density at radius 2 is 2.10 bits per heavy atom. The van der Waals surface area contributed by atoms with Gasteiger partial charge in [-0.25, -0.2) is 9.37 Å². The van der Waals surface area contributed by atoms with Gasteiger partial charge in [0.2, 0.25) is 5.95 Å². The molecule has 0 aliphatic carbocycles. The molecule has 0 spiro atoms. The van der Waals surface area contributed by atoms with Gasteiger partial charge in [-0.2, -0.15) is 18.5 Å². The Morgan fingerprint density at radius 1 is 1.33 bits per heavy atom. The average Bonchev–Trinajstić information content (AvgIpc) is 2.38. The number of hydrogen-bond acceptors (Lipinski definition) is 5. The SMILES string of the molecule is CCC[C@@H](CCO)Nc1nc(N)nc2cc(F)ccc12.S. The van der Waals surface area contributed by atoms with E-state index < -0.39 is 0 Å². The summed E-state index contributed by atoms with van der Waals surface area (Å²) in [5, 5.41) is 13.1.